The zero-order chi connectivity index (χ0) is 18.7. The number of thiocarbonyl (C=S) groups is 1. The van der Waals surface area contributed by atoms with Crippen molar-refractivity contribution in [2.45, 2.75) is 20.3 Å². The first kappa shape index (κ1) is 20.3. The Bertz CT molecular complexity index is 817. The van der Waals surface area contributed by atoms with Crippen LogP contribution >= 0.6 is 55.4 Å². The molecule has 0 amide bonds. The number of hydrogen-bond donors (Lipinski definition) is 2. The number of carbonyl (C=O) groups excluding carboxylic acids is 1. The van der Waals surface area contributed by atoms with Crippen LogP contribution in [0.4, 0.5) is 15.1 Å². The maximum absolute atomic E-state index is 14.1. The van der Waals surface area contributed by atoms with E-state index < -0.39 is 11.8 Å². The maximum Gasteiger partial charge on any atom is 0.341 e. The molecule has 0 radical (unpaired) electrons. The van der Waals surface area contributed by atoms with Gasteiger partial charge in [-0.2, -0.15) is 0 Å². The first-order chi connectivity index (χ1) is 11.8. The molecule has 9 heteroatoms. The predicted molar refractivity (Wildman–Crippen MR) is 111 cm³/mol. The Morgan fingerprint density at radius 2 is 2.04 bits per heavy atom. The molecule has 0 saturated heterocycles. The van der Waals surface area contributed by atoms with Gasteiger partial charge >= 0.3 is 5.97 Å². The summed E-state index contributed by atoms with van der Waals surface area (Å²) in [5.74, 6) is -0.891. The summed E-state index contributed by atoms with van der Waals surface area (Å²) in [6.45, 7) is 3.90. The van der Waals surface area contributed by atoms with Crippen molar-refractivity contribution in [3.05, 3.63) is 42.9 Å². The van der Waals surface area contributed by atoms with Gasteiger partial charge in [-0.15, -0.1) is 11.3 Å². The normalized spacial score (nSPS) is 10.5. The van der Waals surface area contributed by atoms with E-state index in [9.17, 15) is 9.18 Å². The van der Waals surface area contributed by atoms with Crippen molar-refractivity contribution in [1.29, 1.82) is 0 Å². The molecule has 0 spiro atoms. The van der Waals surface area contributed by atoms with Crippen molar-refractivity contribution in [2.24, 2.45) is 0 Å². The van der Waals surface area contributed by atoms with E-state index in [-0.39, 0.29) is 10.8 Å². The van der Waals surface area contributed by atoms with Crippen LogP contribution < -0.4 is 10.6 Å². The average molecular weight is 510 g/mol. The van der Waals surface area contributed by atoms with Crippen LogP contribution in [0.15, 0.2) is 21.1 Å². The van der Waals surface area contributed by atoms with Crippen LogP contribution in [0.1, 0.15) is 27.7 Å². The average Bonchev–Trinajstić information content (AvgIpc) is 2.85. The smallest absolute Gasteiger partial charge is 0.341 e. The van der Waals surface area contributed by atoms with E-state index in [1.165, 1.54) is 24.5 Å². The minimum atomic E-state index is -0.463. The molecular weight excluding hydrogens is 495 g/mol. The largest absolute Gasteiger partial charge is 0.465 e. The highest BCUT2D eigenvalue weighted by atomic mass is 79.9. The first-order valence-electron chi connectivity index (χ1n) is 7.21. The summed E-state index contributed by atoms with van der Waals surface area (Å²) in [5.41, 5.74) is 1.59. The second-order valence-corrected chi connectivity index (χ2v) is 8.41. The van der Waals surface area contributed by atoms with E-state index in [1.54, 1.807) is 6.07 Å². The van der Waals surface area contributed by atoms with E-state index in [0.717, 1.165) is 10.4 Å². The number of anilines is 2. The topological polar surface area (TPSA) is 50.4 Å². The molecule has 0 saturated carbocycles. The number of aryl methyl sites for hydroxylation is 1. The van der Waals surface area contributed by atoms with Gasteiger partial charge in [0.15, 0.2) is 5.11 Å². The van der Waals surface area contributed by atoms with E-state index >= 15 is 0 Å². The van der Waals surface area contributed by atoms with Crippen LogP contribution in [0.2, 0.25) is 0 Å². The fourth-order valence-corrected chi connectivity index (χ4v) is 5.00. The SMILES string of the molecule is CCc1c(C)sc(NC(=S)Nc2c(F)cc(Br)cc2Br)c1C(=O)OC. The summed E-state index contributed by atoms with van der Waals surface area (Å²) in [5, 5.41) is 6.55. The highest BCUT2D eigenvalue weighted by Crippen LogP contribution is 2.35. The lowest BCUT2D eigenvalue weighted by Gasteiger charge is -2.13. The Morgan fingerprint density at radius 1 is 1.36 bits per heavy atom. The van der Waals surface area contributed by atoms with Gasteiger partial charge in [0.25, 0.3) is 0 Å². The van der Waals surface area contributed by atoms with Gasteiger partial charge in [-0.05, 0) is 59.2 Å². The number of rotatable bonds is 4. The minimum absolute atomic E-state index is 0.177. The molecule has 2 rings (SSSR count). The summed E-state index contributed by atoms with van der Waals surface area (Å²) in [6.07, 6.45) is 0.696. The molecule has 1 heterocycles. The van der Waals surface area contributed by atoms with Crippen molar-refractivity contribution < 1.29 is 13.9 Å². The number of thiophene rings is 1. The van der Waals surface area contributed by atoms with Crippen molar-refractivity contribution in [2.75, 3.05) is 17.7 Å². The van der Waals surface area contributed by atoms with Crippen LogP contribution in [0, 0.1) is 12.7 Å². The second-order valence-electron chi connectivity index (χ2n) is 5.01. The van der Waals surface area contributed by atoms with Crippen LogP contribution in [0.3, 0.4) is 0 Å². The minimum Gasteiger partial charge on any atom is -0.465 e. The quantitative estimate of drug-likeness (QED) is 0.398. The summed E-state index contributed by atoms with van der Waals surface area (Å²) >= 11 is 13.2. The van der Waals surface area contributed by atoms with Gasteiger partial charge in [-0.3, -0.25) is 0 Å². The number of benzene rings is 1. The zero-order valence-corrected chi connectivity index (χ0v) is 18.4. The molecule has 25 heavy (non-hydrogen) atoms. The second kappa shape index (κ2) is 8.57. The Hall–Kier alpha value is -1.03. The van der Waals surface area contributed by atoms with Crippen molar-refractivity contribution in [1.82, 2.24) is 0 Å². The summed E-state index contributed by atoms with van der Waals surface area (Å²) < 4.78 is 20.1. The van der Waals surface area contributed by atoms with Crippen molar-refractivity contribution in [3.63, 3.8) is 0 Å². The van der Waals surface area contributed by atoms with Crippen LogP contribution in [-0.2, 0) is 11.2 Å². The Morgan fingerprint density at radius 3 is 2.60 bits per heavy atom. The molecular formula is C16H15Br2FN2O2S2. The van der Waals surface area contributed by atoms with E-state index in [2.05, 4.69) is 42.5 Å². The van der Waals surface area contributed by atoms with Crippen molar-refractivity contribution >= 4 is 77.2 Å². The molecule has 0 unspecified atom stereocenters. The van der Waals surface area contributed by atoms with E-state index in [1.807, 2.05) is 13.8 Å². The lowest BCUT2D eigenvalue weighted by Crippen LogP contribution is -2.21. The fraction of sp³-hybridized carbons (Fsp3) is 0.250. The molecule has 1 aromatic heterocycles. The highest BCUT2D eigenvalue weighted by molar-refractivity contribution is 9.11. The standard InChI is InChI=1S/C16H15Br2FN2O2S2/c1-4-9-7(2)25-14(12(9)15(22)23-3)21-16(24)20-13-10(18)5-8(17)6-11(13)19/h5-6H,4H2,1-3H3,(H2,20,21,24). The third kappa shape index (κ3) is 4.58. The maximum atomic E-state index is 14.1. The van der Waals surface area contributed by atoms with Gasteiger partial charge in [-0.1, -0.05) is 22.9 Å². The first-order valence-corrected chi connectivity index (χ1v) is 10.0. The van der Waals surface area contributed by atoms with Crippen LogP contribution in [0.5, 0.6) is 0 Å². The number of ether oxygens (including phenoxy) is 1. The Labute approximate surface area is 171 Å². The molecule has 2 N–H and O–H groups in total. The molecule has 2 aromatic rings. The Balaban J connectivity index is 2.29. The summed E-state index contributed by atoms with van der Waals surface area (Å²) in [6, 6.07) is 3.04. The van der Waals surface area contributed by atoms with Gasteiger partial charge in [0.2, 0.25) is 0 Å². The monoisotopic (exact) mass is 508 g/mol. The summed E-state index contributed by atoms with van der Waals surface area (Å²) in [4.78, 5) is 13.1. The van der Waals surface area contributed by atoms with Crippen LogP contribution in [-0.4, -0.2) is 18.2 Å². The molecule has 0 aliphatic heterocycles. The van der Waals surface area contributed by atoms with Gasteiger partial charge < -0.3 is 15.4 Å². The van der Waals surface area contributed by atoms with E-state index in [0.29, 0.717) is 25.9 Å². The molecule has 0 bridgehead atoms. The number of halogens is 3. The Kier molecular flexibility index (Phi) is 6.95. The van der Waals surface area contributed by atoms with E-state index in [4.69, 9.17) is 17.0 Å². The number of hydrogen-bond acceptors (Lipinski definition) is 4. The number of carbonyl (C=O) groups is 1. The molecule has 1 aromatic carbocycles. The lowest BCUT2D eigenvalue weighted by molar-refractivity contribution is 0.0601. The molecule has 134 valence electrons. The van der Waals surface area contributed by atoms with Gasteiger partial charge in [0.1, 0.15) is 10.8 Å². The third-order valence-corrected chi connectivity index (χ3v) is 5.77. The molecule has 4 nitrogen and oxygen atoms in total. The number of nitrogens with one attached hydrogen (secondary N) is 2. The predicted octanol–water partition coefficient (Wildman–Crippen LogP) is 5.88. The number of esters is 1. The van der Waals surface area contributed by atoms with Gasteiger partial charge in [-0.25, -0.2) is 9.18 Å². The van der Waals surface area contributed by atoms with Crippen LogP contribution in [0.25, 0.3) is 0 Å². The number of methoxy groups -OCH3 is 1. The fourth-order valence-electron chi connectivity index (χ4n) is 2.32. The third-order valence-electron chi connectivity index (χ3n) is 3.42. The van der Waals surface area contributed by atoms with Crippen molar-refractivity contribution in [3.8, 4) is 0 Å². The molecule has 0 aliphatic carbocycles. The molecule has 0 fully saturated rings. The zero-order valence-electron chi connectivity index (χ0n) is 13.6. The van der Waals surface area contributed by atoms with Gasteiger partial charge in [0.05, 0.1) is 18.4 Å². The summed E-state index contributed by atoms with van der Waals surface area (Å²) in [7, 11) is 1.34. The highest BCUT2D eigenvalue weighted by Gasteiger charge is 2.22. The lowest BCUT2D eigenvalue weighted by atomic mass is 10.1. The molecule has 0 aliphatic rings. The molecule has 0 atom stereocenters. The van der Waals surface area contributed by atoms with Gasteiger partial charge in [0, 0.05) is 13.8 Å².